The predicted octanol–water partition coefficient (Wildman–Crippen LogP) is -1.42. The minimum absolute atomic E-state index is 0. The van der Waals surface area contributed by atoms with E-state index in [-0.39, 0.29) is 59.9 Å². The summed E-state index contributed by atoms with van der Waals surface area (Å²) in [6, 6.07) is 0. The molecule has 152 valence electrons. The van der Waals surface area contributed by atoms with Crippen LogP contribution in [0.15, 0.2) is 23.7 Å². The second-order valence-corrected chi connectivity index (χ2v) is 3.40. The van der Waals surface area contributed by atoms with Crippen LogP contribution < -0.4 is 10.2 Å². The number of hydrogen-bond donors (Lipinski definition) is 0. The van der Waals surface area contributed by atoms with Crippen molar-refractivity contribution in [1.29, 1.82) is 0 Å². The van der Waals surface area contributed by atoms with Crippen LogP contribution in [0.3, 0.4) is 0 Å². The summed E-state index contributed by atoms with van der Waals surface area (Å²) in [4.78, 5) is 44.7. The first-order chi connectivity index (χ1) is 11.4. The molecule has 0 aromatic heterocycles. The van der Waals surface area contributed by atoms with E-state index in [1.807, 2.05) is 0 Å². The molecule has 0 atom stereocenters. The zero-order chi connectivity index (χ0) is 22.5. The van der Waals surface area contributed by atoms with Crippen molar-refractivity contribution in [1.82, 2.24) is 0 Å². The SMILES string of the molecule is CC(=O)/C=C(/C)[O-].CC(=O)/C=C(/C)[O-].O=[N+]([O-])[O-].O=[N+]([O-])[O-].O=[N+]([O-])[O-].[Al+3].[Zn+2]. The van der Waals surface area contributed by atoms with Crippen LogP contribution >= 0.6 is 0 Å². The monoisotopic (exact) mass is 475 g/mol. The van der Waals surface area contributed by atoms with E-state index in [4.69, 9.17) is 46.0 Å². The Hall–Kier alpha value is -2.82. The van der Waals surface area contributed by atoms with Crippen LogP contribution in [0.25, 0.3) is 0 Å². The molecule has 0 aromatic carbocycles. The van der Waals surface area contributed by atoms with Crippen molar-refractivity contribution in [2.75, 3.05) is 0 Å². The van der Waals surface area contributed by atoms with Crippen molar-refractivity contribution in [3.63, 3.8) is 0 Å². The summed E-state index contributed by atoms with van der Waals surface area (Å²) in [6.45, 7) is 5.39. The molecule has 16 nitrogen and oxygen atoms in total. The number of carbonyl (C=O) groups is 2. The van der Waals surface area contributed by atoms with E-state index < -0.39 is 15.3 Å². The molecule has 0 N–H and O–H groups in total. The molecule has 0 radical (unpaired) electrons. The molecule has 0 heterocycles. The first-order valence-electron chi connectivity index (χ1n) is 5.61. The van der Waals surface area contributed by atoms with Gasteiger partial charge in [-0.1, -0.05) is 13.8 Å². The molecule has 0 rings (SSSR count). The van der Waals surface area contributed by atoms with Crippen molar-refractivity contribution in [2.24, 2.45) is 0 Å². The number of allylic oxidation sites excluding steroid dienone is 4. The molecule has 0 saturated heterocycles. The standard InChI is InChI=1S/2C5H8O2.Al.3NO3.Zn/c2*1-4(6)3-5(2)7;;3*2-1(3)4;/h2*3,6H,1-2H3;;;;;/q;;+3;3*-1;+2/p-2/b2*4-3-;;;;;. The topological polar surface area (TPSA) is 279 Å². The van der Waals surface area contributed by atoms with Gasteiger partial charge in [-0.25, -0.2) is 0 Å². The summed E-state index contributed by atoms with van der Waals surface area (Å²) >= 11 is 0. The van der Waals surface area contributed by atoms with Crippen molar-refractivity contribution in [3.05, 3.63) is 69.6 Å². The number of hydrogen-bond acceptors (Lipinski definition) is 13. The van der Waals surface area contributed by atoms with Gasteiger partial charge in [0.15, 0.2) is 11.6 Å². The van der Waals surface area contributed by atoms with Gasteiger partial charge in [0.2, 0.25) is 0 Å². The quantitative estimate of drug-likeness (QED) is 0.145. The maximum absolute atomic E-state index is 9.98. The fourth-order valence-electron chi connectivity index (χ4n) is 0.572. The number of nitrogens with zero attached hydrogens (tertiary/aromatic N) is 3. The summed E-state index contributed by atoms with van der Waals surface area (Å²) < 4.78 is 0. The van der Waals surface area contributed by atoms with Gasteiger partial charge < -0.3 is 56.2 Å². The molecule has 28 heavy (non-hydrogen) atoms. The Kier molecular flexibility index (Phi) is 50.7. The van der Waals surface area contributed by atoms with E-state index in [1.165, 1.54) is 27.7 Å². The number of carbonyl (C=O) groups excluding carboxylic acids is 2. The maximum atomic E-state index is 9.98. The van der Waals surface area contributed by atoms with Gasteiger partial charge in [0, 0.05) is 0 Å². The van der Waals surface area contributed by atoms with Crippen LogP contribution in [-0.2, 0) is 29.1 Å². The Morgan fingerprint density at radius 1 is 0.607 bits per heavy atom. The minimum atomic E-state index is -1.75. The van der Waals surface area contributed by atoms with Crippen molar-refractivity contribution >= 4 is 28.9 Å². The van der Waals surface area contributed by atoms with Gasteiger partial charge in [-0.3, -0.25) is 9.59 Å². The zero-order valence-electron chi connectivity index (χ0n) is 15.1. The molecule has 0 spiro atoms. The molecule has 0 amide bonds. The van der Waals surface area contributed by atoms with Gasteiger partial charge in [-0.2, -0.15) is 0 Å². The van der Waals surface area contributed by atoms with Crippen LogP contribution in [0, 0.1) is 46.0 Å². The molecule has 0 unspecified atom stereocenters. The van der Waals surface area contributed by atoms with E-state index >= 15 is 0 Å². The summed E-state index contributed by atoms with van der Waals surface area (Å²) in [5, 5.41) is 64.2. The van der Waals surface area contributed by atoms with Crippen molar-refractivity contribution < 1.29 is 54.5 Å². The first kappa shape index (κ1) is 44.5. The summed E-state index contributed by atoms with van der Waals surface area (Å²) in [5.41, 5.74) is 0. The Morgan fingerprint density at radius 2 is 0.714 bits per heavy atom. The van der Waals surface area contributed by atoms with Gasteiger partial charge in [0.1, 0.15) is 0 Å². The fraction of sp³-hybridized carbons (Fsp3) is 0.400. The van der Waals surface area contributed by atoms with Crippen LogP contribution in [0.4, 0.5) is 0 Å². The Bertz CT molecular complexity index is 448. The van der Waals surface area contributed by atoms with E-state index in [0.29, 0.717) is 0 Å². The molecule has 0 fully saturated rings. The van der Waals surface area contributed by atoms with Crippen LogP contribution in [-0.4, -0.2) is 44.2 Å². The number of rotatable bonds is 2. The van der Waals surface area contributed by atoms with Crippen LogP contribution in [0.5, 0.6) is 0 Å². The number of ketones is 2. The summed E-state index contributed by atoms with van der Waals surface area (Å²) in [7, 11) is 0. The van der Waals surface area contributed by atoms with Gasteiger partial charge in [0.05, 0.1) is 15.3 Å². The van der Waals surface area contributed by atoms with Crippen LogP contribution in [0.2, 0.25) is 0 Å². The predicted molar refractivity (Wildman–Crippen MR) is 85.7 cm³/mol. The molecular weight excluding hydrogens is 462 g/mol. The minimum Gasteiger partial charge on any atom is -0.876 e. The van der Waals surface area contributed by atoms with Gasteiger partial charge in [0.25, 0.3) is 0 Å². The van der Waals surface area contributed by atoms with E-state index in [9.17, 15) is 19.8 Å². The normalized spacial score (nSPS) is 8.29. The Morgan fingerprint density at radius 3 is 0.714 bits per heavy atom. The molecule has 0 saturated carbocycles. The molecule has 0 aromatic rings. The van der Waals surface area contributed by atoms with Gasteiger partial charge >= 0.3 is 36.8 Å². The second kappa shape index (κ2) is 31.9. The Labute approximate surface area is 181 Å². The molecule has 18 heteroatoms. The largest absolute Gasteiger partial charge is 3.00 e. The summed E-state index contributed by atoms with van der Waals surface area (Å²) in [6.07, 6.45) is 2.11. The van der Waals surface area contributed by atoms with Crippen LogP contribution in [0.1, 0.15) is 27.7 Å². The molecular formula is C10H14AlN3O13Zn. The average Bonchev–Trinajstić information content (AvgIpc) is 2.21. The third-order valence-corrected chi connectivity index (χ3v) is 0.813. The van der Waals surface area contributed by atoms with Crippen molar-refractivity contribution in [3.8, 4) is 0 Å². The smallest absolute Gasteiger partial charge is 0.876 e. The van der Waals surface area contributed by atoms with E-state index in [1.54, 1.807) is 0 Å². The summed E-state index contributed by atoms with van der Waals surface area (Å²) in [5.74, 6) is -0.750. The Balaban J connectivity index is -0.0000000397. The first-order valence-corrected chi connectivity index (χ1v) is 5.61. The van der Waals surface area contributed by atoms with Crippen molar-refractivity contribution in [2.45, 2.75) is 27.7 Å². The van der Waals surface area contributed by atoms with E-state index in [0.717, 1.165) is 12.2 Å². The zero-order valence-corrected chi connectivity index (χ0v) is 19.2. The van der Waals surface area contributed by atoms with Gasteiger partial charge in [-0.05, 0) is 26.0 Å². The van der Waals surface area contributed by atoms with Gasteiger partial charge in [-0.15, -0.1) is 11.5 Å². The molecule has 0 aliphatic rings. The second-order valence-electron chi connectivity index (χ2n) is 3.40. The fourth-order valence-corrected chi connectivity index (χ4v) is 0.572. The van der Waals surface area contributed by atoms with E-state index in [2.05, 4.69) is 0 Å². The average molecular weight is 477 g/mol. The third-order valence-electron chi connectivity index (χ3n) is 0.813. The molecule has 0 aliphatic heterocycles. The third kappa shape index (κ3) is 425. The maximum Gasteiger partial charge on any atom is 3.00 e. The molecule has 0 bridgehead atoms. The molecule has 0 aliphatic carbocycles.